The van der Waals surface area contributed by atoms with Crippen LogP contribution in [0.2, 0.25) is 5.02 Å². The quantitative estimate of drug-likeness (QED) is 0.810. The number of aryl methyl sites for hydroxylation is 1. The van der Waals surface area contributed by atoms with Gasteiger partial charge in [-0.05, 0) is 64.8 Å². The van der Waals surface area contributed by atoms with Crippen LogP contribution in [0.1, 0.15) is 5.56 Å². The summed E-state index contributed by atoms with van der Waals surface area (Å²) in [6, 6.07) is 10.9. The van der Waals surface area contributed by atoms with Gasteiger partial charge in [0.2, 0.25) is 0 Å². The largest absolute Gasteiger partial charge is 0.456 e. The lowest BCUT2D eigenvalue weighted by Gasteiger charge is -2.10. The summed E-state index contributed by atoms with van der Waals surface area (Å²) in [7, 11) is 0. The van der Waals surface area contributed by atoms with Crippen molar-refractivity contribution in [1.82, 2.24) is 0 Å². The van der Waals surface area contributed by atoms with Gasteiger partial charge in [-0.25, -0.2) is 0 Å². The summed E-state index contributed by atoms with van der Waals surface area (Å²) in [5, 5.41) is 0.665. The molecule has 0 amide bonds. The lowest BCUT2D eigenvalue weighted by molar-refractivity contribution is 0.476. The monoisotopic (exact) mass is 311 g/mol. The molecule has 2 nitrogen and oxygen atoms in total. The van der Waals surface area contributed by atoms with Gasteiger partial charge in [-0.15, -0.1) is 0 Å². The van der Waals surface area contributed by atoms with Gasteiger partial charge < -0.3 is 10.5 Å². The van der Waals surface area contributed by atoms with Gasteiger partial charge in [-0.1, -0.05) is 11.6 Å². The molecule has 0 fully saturated rings. The number of halogens is 2. The molecule has 4 heteroatoms. The van der Waals surface area contributed by atoms with Gasteiger partial charge in [-0.3, -0.25) is 0 Å². The number of anilines is 1. The Hall–Kier alpha value is -1.19. The maximum Gasteiger partial charge on any atom is 0.141 e. The third kappa shape index (κ3) is 2.93. The molecule has 0 bridgehead atoms. The molecule has 0 saturated heterocycles. The Labute approximate surface area is 113 Å². The van der Waals surface area contributed by atoms with Crippen molar-refractivity contribution in [2.24, 2.45) is 0 Å². The van der Waals surface area contributed by atoms with E-state index in [-0.39, 0.29) is 0 Å². The normalized spacial score (nSPS) is 10.3. The third-order valence-corrected chi connectivity index (χ3v) is 3.17. The van der Waals surface area contributed by atoms with E-state index in [0.29, 0.717) is 5.02 Å². The minimum absolute atomic E-state index is 0.665. The van der Waals surface area contributed by atoms with Crippen molar-refractivity contribution in [3.8, 4) is 11.5 Å². The van der Waals surface area contributed by atoms with Crippen molar-refractivity contribution >= 4 is 33.2 Å². The van der Waals surface area contributed by atoms with Crippen LogP contribution in [-0.4, -0.2) is 0 Å². The number of rotatable bonds is 2. The second kappa shape index (κ2) is 4.98. The van der Waals surface area contributed by atoms with E-state index in [1.54, 1.807) is 12.1 Å². The second-order valence-corrected chi connectivity index (χ2v) is 4.99. The highest BCUT2D eigenvalue weighted by atomic mass is 79.9. The molecule has 0 saturated carbocycles. The van der Waals surface area contributed by atoms with Crippen LogP contribution in [-0.2, 0) is 0 Å². The highest BCUT2D eigenvalue weighted by Crippen LogP contribution is 2.33. The van der Waals surface area contributed by atoms with Crippen LogP contribution >= 0.6 is 27.5 Å². The first-order chi connectivity index (χ1) is 8.06. The van der Waals surface area contributed by atoms with Crippen LogP contribution in [0.5, 0.6) is 11.5 Å². The van der Waals surface area contributed by atoms with Crippen LogP contribution in [0.3, 0.4) is 0 Å². The van der Waals surface area contributed by atoms with Crippen molar-refractivity contribution in [2.75, 3.05) is 5.73 Å². The minimum Gasteiger partial charge on any atom is -0.456 e. The van der Waals surface area contributed by atoms with Crippen LogP contribution in [0.15, 0.2) is 40.9 Å². The number of benzene rings is 2. The molecule has 0 radical (unpaired) electrons. The minimum atomic E-state index is 0.665. The van der Waals surface area contributed by atoms with E-state index in [1.165, 1.54) is 0 Å². The Bertz CT molecular complexity index is 508. The molecule has 0 aliphatic heterocycles. The Balaban J connectivity index is 2.31. The molecule has 0 heterocycles. The molecule has 0 aliphatic rings. The van der Waals surface area contributed by atoms with E-state index in [4.69, 9.17) is 22.1 Å². The van der Waals surface area contributed by atoms with E-state index in [1.807, 2.05) is 31.2 Å². The van der Waals surface area contributed by atoms with Gasteiger partial charge in [0.15, 0.2) is 0 Å². The molecule has 0 aliphatic carbocycles. The van der Waals surface area contributed by atoms with E-state index in [9.17, 15) is 0 Å². The Morgan fingerprint density at radius 1 is 1.12 bits per heavy atom. The van der Waals surface area contributed by atoms with Crippen molar-refractivity contribution < 1.29 is 4.74 Å². The van der Waals surface area contributed by atoms with Crippen LogP contribution in [0, 0.1) is 6.92 Å². The number of hydrogen-bond acceptors (Lipinski definition) is 2. The second-order valence-electron chi connectivity index (χ2n) is 3.70. The standard InChI is InChI=1S/C13H11BrClNO/c1-8-6-10(16)3-5-12(8)17-13-4-2-9(15)7-11(13)14/h2-7H,16H2,1H3. The fourth-order valence-electron chi connectivity index (χ4n) is 1.46. The molecule has 0 unspecified atom stereocenters. The fourth-order valence-corrected chi connectivity index (χ4v) is 2.23. The van der Waals surface area contributed by atoms with Crippen molar-refractivity contribution in [3.05, 3.63) is 51.5 Å². The SMILES string of the molecule is Cc1cc(N)ccc1Oc1ccc(Cl)cc1Br. The van der Waals surface area contributed by atoms with E-state index >= 15 is 0 Å². The Morgan fingerprint density at radius 2 is 1.82 bits per heavy atom. The zero-order valence-electron chi connectivity index (χ0n) is 9.21. The molecule has 2 aromatic carbocycles. The van der Waals surface area contributed by atoms with E-state index < -0.39 is 0 Å². The predicted molar refractivity (Wildman–Crippen MR) is 74.8 cm³/mol. The fraction of sp³-hybridized carbons (Fsp3) is 0.0769. The topological polar surface area (TPSA) is 35.2 Å². The highest BCUT2D eigenvalue weighted by molar-refractivity contribution is 9.10. The van der Waals surface area contributed by atoms with Crippen LogP contribution in [0.4, 0.5) is 5.69 Å². The average Bonchev–Trinajstić information content (AvgIpc) is 2.25. The summed E-state index contributed by atoms with van der Waals surface area (Å²) in [5.74, 6) is 1.50. The van der Waals surface area contributed by atoms with Gasteiger partial charge >= 0.3 is 0 Å². The van der Waals surface area contributed by atoms with Gasteiger partial charge in [-0.2, -0.15) is 0 Å². The predicted octanol–water partition coefficient (Wildman–Crippen LogP) is 4.79. The lowest BCUT2D eigenvalue weighted by atomic mass is 10.2. The number of nitrogens with two attached hydrogens (primary N) is 1. The molecular weight excluding hydrogens is 302 g/mol. The average molecular weight is 313 g/mol. The molecule has 2 N–H and O–H groups in total. The molecule has 0 spiro atoms. The molecule has 0 atom stereocenters. The number of nitrogen functional groups attached to an aromatic ring is 1. The van der Waals surface area contributed by atoms with Crippen molar-refractivity contribution in [3.63, 3.8) is 0 Å². The van der Waals surface area contributed by atoms with Crippen molar-refractivity contribution in [2.45, 2.75) is 6.92 Å². The first kappa shape index (κ1) is 12.3. The summed E-state index contributed by atoms with van der Waals surface area (Å²) in [5.41, 5.74) is 7.41. The summed E-state index contributed by atoms with van der Waals surface area (Å²) in [6.07, 6.45) is 0. The zero-order valence-corrected chi connectivity index (χ0v) is 11.5. The summed E-state index contributed by atoms with van der Waals surface area (Å²) in [6.45, 7) is 1.95. The molecule has 2 rings (SSSR count). The van der Waals surface area contributed by atoms with Crippen LogP contribution < -0.4 is 10.5 Å². The summed E-state index contributed by atoms with van der Waals surface area (Å²) >= 11 is 9.28. The number of ether oxygens (including phenoxy) is 1. The molecular formula is C13H11BrClNO. The molecule has 88 valence electrons. The van der Waals surface area contributed by atoms with Crippen LogP contribution in [0.25, 0.3) is 0 Å². The van der Waals surface area contributed by atoms with E-state index in [2.05, 4.69) is 15.9 Å². The first-order valence-corrected chi connectivity index (χ1v) is 6.22. The maximum absolute atomic E-state index is 5.87. The summed E-state index contributed by atoms with van der Waals surface area (Å²) in [4.78, 5) is 0. The molecule has 17 heavy (non-hydrogen) atoms. The summed E-state index contributed by atoms with van der Waals surface area (Å²) < 4.78 is 6.61. The maximum atomic E-state index is 5.87. The Kier molecular flexibility index (Phi) is 3.60. The van der Waals surface area contributed by atoms with Gasteiger partial charge in [0.1, 0.15) is 11.5 Å². The number of hydrogen-bond donors (Lipinski definition) is 1. The zero-order chi connectivity index (χ0) is 12.4. The van der Waals surface area contributed by atoms with E-state index in [0.717, 1.165) is 27.2 Å². The van der Waals surface area contributed by atoms with Gasteiger partial charge in [0, 0.05) is 10.7 Å². The lowest BCUT2D eigenvalue weighted by Crippen LogP contribution is -1.91. The smallest absolute Gasteiger partial charge is 0.141 e. The molecule has 2 aromatic rings. The Morgan fingerprint density at radius 3 is 2.47 bits per heavy atom. The molecule has 0 aromatic heterocycles. The highest BCUT2D eigenvalue weighted by Gasteiger charge is 2.05. The van der Waals surface area contributed by atoms with Crippen molar-refractivity contribution in [1.29, 1.82) is 0 Å². The van der Waals surface area contributed by atoms with Gasteiger partial charge in [0.25, 0.3) is 0 Å². The third-order valence-electron chi connectivity index (χ3n) is 2.31. The van der Waals surface area contributed by atoms with Gasteiger partial charge in [0.05, 0.1) is 4.47 Å². The first-order valence-electron chi connectivity index (χ1n) is 5.05.